The van der Waals surface area contributed by atoms with Crippen molar-refractivity contribution in [3.05, 3.63) is 17.0 Å². The van der Waals surface area contributed by atoms with Crippen LogP contribution in [-0.2, 0) is 30.7 Å². The van der Waals surface area contributed by atoms with E-state index in [2.05, 4.69) is 9.84 Å². The van der Waals surface area contributed by atoms with Gasteiger partial charge in [0.2, 0.25) is 0 Å². The number of rotatable bonds is 7. The van der Waals surface area contributed by atoms with Crippen LogP contribution in [0, 0.1) is 0 Å². The van der Waals surface area contributed by atoms with Crippen LogP contribution in [0.2, 0.25) is 0 Å². The Hall–Kier alpha value is -1.08. The van der Waals surface area contributed by atoms with E-state index in [-0.39, 0.29) is 6.61 Å². The summed E-state index contributed by atoms with van der Waals surface area (Å²) in [4.78, 5) is 0. The van der Waals surface area contributed by atoms with Gasteiger partial charge in [-0.1, -0.05) is 13.8 Å². The Kier molecular flexibility index (Phi) is 5.81. The molecule has 0 bridgehead atoms. The molecule has 0 aliphatic heterocycles. The van der Waals surface area contributed by atoms with E-state index in [1.165, 1.54) is 0 Å². The molecular formula is C12H20F3N3O. The molecule has 1 aromatic heterocycles. The van der Waals surface area contributed by atoms with E-state index in [4.69, 9.17) is 5.73 Å². The summed E-state index contributed by atoms with van der Waals surface area (Å²) in [5.41, 5.74) is 8.59. The number of nitrogens with zero attached hydrogens (tertiary/aromatic N) is 2. The van der Waals surface area contributed by atoms with Crippen LogP contribution in [0.25, 0.3) is 0 Å². The molecule has 0 saturated carbocycles. The van der Waals surface area contributed by atoms with Crippen molar-refractivity contribution in [1.82, 2.24) is 9.78 Å². The fourth-order valence-corrected chi connectivity index (χ4v) is 2.03. The summed E-state index contributed by atoms with van der Waals surface area (Å²) in [6, 6.07) is 0. The summed E-state index contributed by atoms with van der Waals surface area (Å²) in [6.07, 6.45) is -2.77. The molecule has 4 nitrogen and oxygen atoms in total. The Morgan fingerprint density at radius 2 is 1.95 bits per heavy atom. The summed E-state index contributed by atoms with van der Waals surface area (Å²) in [7, 11) is 0. The van der Waals surface area contributed by atoms with Crippen LogP contribution < -0.4 is 5.73 Å². The standard InChI is InChI=1S/C12H20F3N3O/c1-3-10-9(7-16)11(4-2)18(17-10)5-6-19-8-12(13,14)15/h3-8,16H2,1-2H3. The van der Waals surface area contributed by atoms with Gasteiger partial charge in [-0.3, -0.25) is 4.68 Å². The quantitative estimate of drug-likeness (QED) is 0.777. The topological polar surface area (TPSA) is 53.1 Å². The van der Waals surface area contributed by atoms with Gasteiger partial charge in [-0.2, -0.15) is 18.3 Å². The number of aromatic nitrogens is 2. The minimum absolute atomic E-state index is 0.0125. The van der Waals surface area contributed by atoms with Crippen molar-refractivity contribution in [1.29, 1.82) is 0 Å². The average Bonchev–Trinajstić information content (AvgIpc) is 2.70. The van der Waals surface area contributed by atoms with E-state index in [1.54, 1.807) is 4.68 Å². The van der Waals surface area contributed by atoms with E-state index in [9.17, 15) is 13.2 Å². The molecular weight excluding hydrogens is 259 g/mol. The molecule has 1 rings (SSSR count). The zero-order valence-electron chi connectivity index (χ0n) is 11.3. The maximum absolute atomic E-state index is 11.9. The predicted octanol–water partition coefficient (Wildman–Crippen LogP) is 2.05. The molecule has 0 amide bonds. The molecule has 2 N–H and O–H groups in total. The smallest absolute Gasteiger partial charge is 0.370 e. The molecule has 0 unspecified atom stereocenters. The van der Waals surface area contributed by atoms with Gasteiger partial charge in [-0.25, -0.2) is 0 Å². The lowest BCUT2D eigenvalue weighted by molar-refractivity contribution is -0.174. The number of hydrogen-bond acceptors (Lipinski definition) is 3. The fraction of sp³-hybridized carbons (Fsp3) is 0.750. The van der Waals surface area contributed by atoms with Gasteiger partial charge in [0, 0.05) is 17.8 Å². The maximum atomic E-state index is 11.9. The van der Waals surface area contributed by atoms with Gasteiger partial charge in [0.1, 0.15) is 6.61 Å². The van der Waals surface area contributed by atoms with Crippen molar-refractivity contribution in [2.75, 3.05) is 13.2 Å². The number of hydrogen-bond donors (Lipinski definition) is 1. The van der Waals surface area contributed by atoms with E-state index in [0.717, 1.165) is 29.8 Å². The molecule has 0 radical (unpaired) electrons. The zero-order valence-corrected chi connectivity index (χ0v) is 11.3. The van der Waals surface area contributed by atoms with Crippen LogP contribution in [0.5, 0.6) is 0 Å². The summed E-state index contributed by atoms with van der Waals surface area (Å²) in [5.74, 6) is 0. The van der Waals surface area contributed by atoms with Gasteiger partial charge < -0.3 is 10.5 Å². The van der Waals surface area contributed by atoms with E-state index in [0.29, 0.717) is 13.1 Å². The first-order chi connectivity index (χ1) is 8.92. The first-order valence-electron chi connectivity index (χ1n) is 6.34. The lowest BCUT2D eigenvalue weighted by atomic mass is 10.1. The maximum Gasteiger partial charge on any atom is 0.411 e. The Morgan fingerprint density at radius 3 is 2.42 bits per heavy atom. The monoisotopic (exact) mass is 279 g/mol. The van der Waals surface area contributed by atoms with Crippen LogP contribution in [0.4, 0.5) is 13.2 Å². The highest BCUT2D eigenvalue weighted by Gasteiger charge is 2.27. The van der Waals surface area contributed by atoms with Crippen molar-refractivity contribution >= 4 is 0 Å². The largest absolute Gasteiger partial charge is 0.411 e. The zero-order chi connectivity index (χ0) is 14.5. The lowest BCUT2D eigenvalue weighted by Crippen LogP contribution is -2.20. The highest BCUT2D eigenvalue weighted by atomic mass is 19.4. The number of aryl methyl sites for hydroxylation is 1. The second kappa shape index (κ2) is 6.91. The number of alkyl halides is 3. The third kappa shape index (κ3) is 4.50. The first kappa shape index (κ1) is 16.0. The first-order valence-corrected chi connectivity index (χ1v) is 6.34. The Labute approximate surface area is 110 Å². The molecule has 110 valence electrons. The Morgan fingerprint density at radius 1 is 1.26 bits per heavy atom. The van der Waals surface area contributed by atoms with Crippen LogP contribution >= 0.6 is 0 Å². The van der Waals surface area contributed by atoms with Crippen LogP contribution in [-0.4, -0.2) is 29.2 Å². The molecule has 1 heterocycles. The SMILES string of the molecule is CCc1nn(CCOCC(F)(F)F)c(CC)c1CN. The highest BCUT2D eigenvalue weighted by molar-refractivity contribution is 5.26. The third-order valence-corrected chi connectivity index (χ3v) is 2.84. The number of nitrogens with two attached hydrogens (primary N) is 1. The van der Waals surface area contributed by atoms with Crippen LogP contribution in [0.15, 0.2) is 0 Å². The van der Waals surface area contributed by atoms with Crippen molar-refractivity contribution in [3.8, 4) is 0 Å². The fourth-order valence-electron chi connectivity index (χ4n) is 2.03. The molecule has 0 fully saturated rings. The van der Waals surface area contributed by atoms with Gasteiger partial charge in [-0.05, 0) is 12.8 Å². The predicted molar refractivity (Wildman–Crippen MR) is 65.7 cm³/mol. The molecule has 19 heavy (non-hydrogen) atoms. The van der Waals surface area contributed by atoms with Gasteiger partial charge in [-0.15, -0.1) is 0 Å². The summed E-state index contributed by atoms with van der Waals surface area (Å²) >= 11 is 0. The second-order valence-corrected chi connectivity index (χ2v) is 4.17. The molecule has 0 atom stereocenters. The van der Waals surface area contributed by atoms with E-state index >= 15 is 0 Å². The Bertz CT molecular complexity index is 402. The van der Waals surface area contributed by atoms with Gasteiger partial charge >= 0.3 is 6.18 Å². The van der Waals surface area contributed by atoms with E-state index < -0.39 is 12.8 Å². The Balaban J connectivity index is 2.65. The van der Waals surface area contributed by atoms with Crippen LogP contribution in [0.1, 0.15) is 30.8 Å². The number of halogens is 3. The average molecular weight is 279 g/mol. The third-order valence-electron chi connectivity index (χ3n) is 2.84. The van der Waals surface area contributed by atoms with Gasteiger partial charge in [0.25, 0.3) is 0 Å². The number of ether oxygens (including phenoxy) is 1. The van der Waals surface area contributed by atoms with Crippen LogP contribution in [0.3, 0.4) is 0 Å². The van der Waals surface area contributed by atoms with Gasteiger partial charge in [0.05, 0.1) is 18.8 Å². The van der Waals surface area contributed by atoms with E-state index in [1.807, 2.05) is 13.8 Å². The normalized spacial score (nSPS) is 12.1. The summed E-state index contributed by atoms with van der Waals surface area (Å²) < 4.78 is 42.1. The summed E-state index contributed by atoms with van der Waals surface area (Å²) in [5, 5.41) is 4.38. The summed E-state index contributed by atoms with van der Waals surface area (Å²) in [6.45, 7) is 3.43. The molecule has 0 saturated heterocycles. The minimum Gasteiger partial charge on any atom is -0.370 e. The lowest BCUT2D eigenvalue weighted by Gasteiger charge is -2.09. The highest BCUT2D eigenvalue weighted by Crippen LogP contribution is 2.17. The van der Waals surface area contributed by atoms with Crippen molar-refractivity contribution in [3.63, 3.8) is 0 Å². The minimum atomic E-state index is -4.28. The van der Waals surface area contributed by atoms with Crippen molar-refractivity contribution in [2.24, 2.45) is 5.73 Å². The molecule has 0 aromatic carbocycles. The van der Waals surface area contributed by atoms with Gasteiger partial charge in [0.15, 0.2) is 0 Å². The molecule has 0 aliphatic carbocycles. The van der Waals surface area contributed by atoms with Crippen molar-refractivity contribution in [2.45, 2.75) is 46.0 Å². The van der Waals surface area contributed by atoms with Crippen molar-refractivity contribution < 1.29 is 17.9 Å². The molecule has 0 spiro atoms. The molecule has 0 aliphatic rings. The molecule has 1 aromatic rings. The molecule has 7 heteroatoms. The second-order valence-electron chi connectivity index (χ2n) is 4.17.